The summed E-state index contributed by atoms with van der Waals surface area (Å²) in [7, 11) is -2.29. The topological polar surface area (TPSA) is 106 Å². The monoisotopic (exact) mass is 617 g/mol. The summed E-state index contributed by atoms with van der Waals surface area (Å²) in [5.74, 6) is 0.0678. The number of rotatable bonds is 8. The highest BCUT2D eigenvalue weighted by atomic mass is 28.4. The zero-order chi connectivity index (χ0) is 31.7. The van der Waals surface area contributed by atoms with Gasteiger partial charge in [0, 0.05) is 38.4 Å². The predicted molar refractivity (Wildman–Crippen MR) is 155 cm³/mol. The van der Waals surface area contributed by atoms with Gasteiger partial charge in [-0.1, -0.05) is 20.8 Å². The van der Waals surface area contributed by atoms with Crippen molar-refractivity contribution in [2.45, 2.75) is 116 Å². The van der Waals surface area contributed by atoms with E-state index in [0.29, 0.717) is 32.5 Å². The predicted octanol–water partition coefficient (Wildman–Crippen LogP) is 5.00. The Morgan fingerprint density at radius 2 is 1.71 bits per heavy atom. The molecule has 2 amide bonds. The molecule has 2 saturated heterocycles. The number of amides is 2. The van der Waals surface area contributed by atoms with E-state index in [9.17, 15) is 22.8 Å². The van der Waals surface area contributed by atoms with Crippen LogP contribution in [-0.2, 0) is 24.9 Å². The summed E-state index contributed by atoms with van der Waals surface area (Å²) in [5.41, 5.74) is -1.52. The van der Waals surface area contributed by atoms with Gasteiger partial charge in [-0.15, -0.1) is 0 Å². The summed E-state index contributed by atoms with van der Waals surface area (Å²) in [6.45, 7) is 19.2. The second-order valence-electron chi connectivity index (χ2n) is 13.7. The van der Waals surface area contributed by atoms with Crippen LogP contribution in [0.1, 0.15) is 66.9 Å². The molecule has 0 radical (unpaired) electrons. The fourth-order valence-corrected chi connectivity index (χ4v) is 6.06. The van der Waals surface area contributed by atoms with Crippen molar-refractivity contribution in [3.8, 4) is 0 Å². The van der Waals surface area contributed by atoms with Crippen molar-refractivity contribution in [2.75, 3.05) is 31.1 Å². The minimum atomic E-state index is -4.52. The molecule has 2 aliphatic heterocycles. The quantitative estimate of drug-likeness (QED) is 0.407. The van der Waals surface area contributed by atoms with E-state index in [1.165, 1.54) is 0 Å². The van der Waals surface area contributed by atoms with Crippen LogP contribution < -0.4 is 10.2 Å². The minimum Gasteiger partial charge on any atom is -0.444 e. The van der Waals surface area contributed by atoms with E-state index in [-0.39, 0.29) is 41.7 Å². The van der Waals surface area contributed by atoms with Crippen LogP contribution in [0.3, 0.4) is 0 Å². The zero-order valence-electron chi connectivity index (χ0n) is 26.2. The molecular weight excluding hydrogens is 571 g/mol. The molecule has 0 aromatic carbocycles. The number of alkyl halides is 3. The van der Waals surface area contributed by atoms with Crippen LogP contribution in [0.2, 0.25) is 18.1 Å². The number of carbonyl (C=O) groups is 2. The van der Waals surface area contributed by atoms with Crippen LogP contribution in [0.15, 0.2) is 12.4 Å². The summed E-state index contributed by atoms with van der Waals surface area (Å²) in [6, 6.07) is -0.591. The van der Waals surface area contributed by atoms with Gasteiger partial charge in [0.25, 0.3) is 5.91 Å². The van der Waals surface area contributed by atoms with E-state index in [0.717, 1.165) is 12.4 Å². The van der Waals surface area contributed by atoms with Gasteiger partial charge in [0.1, 0.15) is 11.7 Å². The second kappa shape index (κ2) is 12.6. The van der Waals surface area contributed by atoms with Crippen molar-refractivity contribution in [3.05, 3.63) is 18.0 Å². The lowest BCUT2D eigenvalue weighted by atomic mass is 10.0. The molecule has 2 aliphatic rings. The number of halogens is 3. The van der Waals surface area contributed by atoms with Gasteiger partial charge in [-0.2, -0.15) is 13.2 Å². The molecule has 0 saturated carbocycles. The molecule has 10 nitrogen and oxygen atoms in total. The van der Waals surface area contributed by atoms with Crippen LogP contribution in [0.5, 0.6) is 0 Å². The average Bonchev–Trinajstić information content (AvgIpc) is 3.20. The second-order valence-corrected chi connectivity index (χ2v) is 18.4. The van der Waals surface area contributed by atoms with E-state index in [2.05, 4.69) is 49.1 Å². The number of likely N-dealkylation sites (tertiary alicyclic amines) is 1. The standard InChI is InChI=1S/C28H46F3N5O5Si/c1-18(34-25(38)40-26(2,3)4)17-39-21-11-13-36(23(21)37)20-10-12-35(16-22(20)41-42(8,9)27(5,6)7)24-32-14-19(15-33-24)28(29,30)31/h14-15,18,20-22H,10-13,16-17H2,1-9H3,(H,34,38)/t18-,20+,21+,22-/m0/s1. The number of nitrogens with one attached hydrogen (secondary N) is 1. The Bertz CT molecular complexity index is 1090. The molecule has 1 aromatic heterocycles. The zero-order valence-corrected chi connectivity index (χ0v) is 27.2. The number of anilines is 1. The normalized spacial score (nSPS) is 23.2. The number of hydrogen-bond acceptors (Lipinski definition) is 8. The van der Waals surface area contributed by atoms with Gasteiger partial charge < -0.3 is 29.0 Å². The van der Waals surface area contributed by atoms with Gasteiger partial charge >= 0.3 is 12.3 Å². The molecule has 42 heavy (non-hydrogen) atoms. The maximum absolute atomic E-state index is 13.5. The molecule has 0 unspecified atom stereocenters. The van der Waals surface area contributed by atoms with Gasteiger partial charge in [0.05, 0.1) is 30.4 Å². The lowest BCUT2D eigenvalue weighted by Gasteiger charge is -2.47. The van der Waals surface area contributed by atoms with E-state index in [1.807, 2.05) is 9.80 Å². The van der Waals surface area contributed by atoms with Crippen molar-refractivity contribution in [1.29, 1.82) is 0 Å². The fraction of sp³-hybridized carbons (Fsp3) is 0.786. The van der Waals surface area contributed by atoms with Gasteiger partial charge in [-0.05, 0) is 52.2 Å². The summed E-state index contributed by atoms with van der Waals surface area (Å²) in [4.78, 5) is 37.2. The molecule has 0 bridgehead atoms. The Kier molecular flexibility index (Phi) is 10.3. The van der Waals surface area contributed by atoms with Crippen LogP contribution >= 0.6 is 0 Å². The third-order valence-electron chi connectivity index (χ3n) is 7.93. The molecule has 14 heteroatoms. The van der Waals surface area contributed by atoms with Crippen LogP contribution in [0.25, 0.3) is 0 Å². The van der Waals surface area contributed by atoms with E-state index in [4.69, 9.17) is 13.9 Å². The van der Waals surface area contributed by atoms with Crippen LogP contribution in [0.4, 0.5) is 23.9 Å². The minimum absolute atomic E-state index is 0.0946. The van der Waals surface area contributed by atoms with E-state index >= 15 is 0 Å². The number of hydrogen-bond donors (Lipinski definition) is 1. The Morgan fingerprint density at radius 3 is 2.26 bits per heavy atom. The first-order chi connectivity index (χ1) is 19.2. The first-order valence-corrected chi connectivity index (χ1v) is 17.3. The number of piperidine rings is 1. The molecule has 0 spiro atoms. The number of ether oxygens (including phenoxy) is 2. The number of carbonyl (C=O) groups excluding carboxylic acids is 2. The third kappa shape index (κ3) is 8.79. The largest absolute Gasteiger partial charge is 0.444 e. The smallest absolute Gasteiger partial charge is 0.419 e. The fourth-order valence-electron chi connectivity index (χ4n) is 4.71. The van der Waals surface area contributed by atoms with Gasteiger partial charge in [-0.3, -0.25) is 4.79 Å². The first kappa shape index (κ1) is 34.0. The van der Waals surface area contributed by atoms with E-state index in [1.54, 1.807) is 27.7 Å². The van der Waals surface area contributed by atoms with Crippen molar-refractivity contribution >= 4 is 26.3 Å². The summed E-state index contributed by atoms with van der Waals surface area (Å²) >= 11 is 0. The summed E-state index contributed by atoms with van der Waals surface area (Å²) < 4.78 is 57.2. The van der Waals surface area contributed by atoms with Gasteiger partial charge in [-0.25, -0.2) is 14.8 Å². The number of aromatic nitrogens is 2. The molecule has 1 N–H and O–H groups in total. The Balaban J connectivity index is 1.70. The van der Waals surface area contributed by atoms with Crippen LogP contribution in [0, 0.1) is 0 Å². The maximum atomic E-state index is 13.5. The molecule has 3 rings (SSSR count). The Labute approximate surface area is 247 Å². The average molecular weight is 618 g/mol. The molecule has 0 aliphatic carbocycles. The molecule has 1 aromatic rings. The molecule has 3 heterocycles. The highest BCUT2D eigenvalue weighted by molar-refractivity contribution is 6.74. The highest BCUT2D eigenvalue weighted by Crippen LogP contribution is 2.39. The van der Waals surface area contributed by atoms with Gasteiger partial charge in [0.15, 0.2) is 8.32 Å². The Morgan fingerprint density at radius 1 is 1.10 bits per heavy atom. The molecule has 238 valence electrons. The van der Waals surface area contributed by atoms with Crippen molar-refractivity contribution < 1.29 is 36.7 Å². The summed E-state index contributed by atoms with van der Waals surface area (Å²) in [6.07, 6.45) is -3.46. The number of alkyl carbamates (subject to hydrolysis) is 1. The first-order valence-electron chi connectivity index (χ1n) is 14.4. The summed E-state index contributed by atoms with van der Waals surface area (Å²) in [5, 5.41) is 2.63. The third-order valence-corrected chi connectivity index (χ3v) is 12.4. The van der Waals surface area contributed by atoms with Crippen LogP contribution in [-0.4, -0.2) is 91.3 Å². The number of nitrogens with zero attached hydrogens (tertiary/aromatic N) is 4. The lowest BCUT2D eigenvalue weighted by molar-refractivity contribution is -0.141. The lowest BCUT2D eigenvalue weighted by Crippen LogP contribution is -2.60. The van der Waals surface area contributed by atoms with Crippen molar-refractivity contribution in [2.24, 2.45) is 0 Å². The van der Waals surface area contributed by atoms with Gasteiger partial charge in [0.2, 0.25) is 5.95 Å². The SMILES string of the molecule is C[C@@H](CO[C@@H]1CCN([C@@H]2CCN(c3ncc(C(F)(F)F)cn3)C[C@@H]2O[Si](C)(C)C(C)(C)C)C1=O)NC(=O)OC(C)(C)C. The van der Waals surface area contributed by atoms with E-state index < -0.39 is 37.9 Å². The highest BCUT2D eigenvalue weighted by Gasteiger charge is 2.47. The molecule has 4 atom stereocenters. The maximum Gasteiger partial charge on any atom is 0.419 e. The Hall–Kier alpha value is -2.45. The van der Waals surface area contributed by atoms with Crippen molar-refractivity contribution in [1.82, 2.24) is 20.2 Å². The van der Waals surface area contributed by atoms with Crippen molar-refractivity contribution in [3.63, 3.8) is 0 Å². The molecule has 2 fully saturated rings. The molecular formula is C28H46F3N5O5Si.